The number of hydrogen-bond donors (Lipinski definition) is 1. The second-order valence-electron chi connectivity index (χ2n) is 11.9. The molecule has 0 aliphatic rings. The second kappa shape index (κ2) is 8.04. The summed E-state index contributed by atoms with van der Waals surface area (Å²) in [6, 6.07) is 29.0. The van der Waals surface area contributed by atoms with Crippen LogP contribution < -0.4 is 0 Å². The van der Waals surface area contributed by atoms with E-state index in [1.165, 1.54) is 42.9 Å². The summed E-state index contributed by atoms with van der Waals surface area (Å²) >= 11 is 1.74. The minimum atomic E-state index is 0.0789. The molecular formula is C33H32N2S. The van der Waals surface area contributed by atoms with Gasteiger partial charge in [0.05, 0.1) is 15.9 Å². The molecule has 0 unspecified atom stereocenters. The summed E-state index contributed by atoms with van der Waals surface area (Å²) in [5.41, 5.74) is 7.37. The van der Waals surface area contributed by atoms with E-state index in [1.54, 1.807) is 11.3 Å². The highest BCUT2D eigenvalue weighted by atomic mass is 32.1. The highest BCUT2D eigenvalue weighted by Gasteiger charge is 2.20. The topological polar surface area (TPSA) is 28.7 Å². The number of aromatic amines is 1. The average molecular weight is 489 g/mol. The molecule has 3 heteroatoms. The third-order valence-electron chi connectivity index (χ3n) is 7.17. The predicted octanol–water partition coefficient (Wildman–Crippen LogP) is 9.86. The van der Waals surface area contributed by atoms with Crippen molar-refractivity contribution in [3.05, 3.63) is 90.0 Å². The Labute approximate surface area is 217 Å². The molecule has 2 heterocycles. The van der Waals surface area contributed by atoms with Gasteiger partial charge in [-0.3, -0.25) is 0 Å². The summed E-state index contributed by atoms with van der Waals surface area (Å²) in [6.07, 6.45) is 0. The second-order valence-corrected chi connectivity index (χ2v) is 12.9. The molecule has 6 aromatic rings. The molecule has 0 radical (unpaired) electrons. The smallest absolute Gasteiger partial charge is 0.140 e. The maximum Gasteiger partial charge on any atom is 0.140 e. The molecule has 0 saturated heterocycles. The van der Waals surface area contributed by atoms with Gasteiger partial charge in [0.2, 0.25) is 0 Å². The Morgan fingerprint density at radius 2 is 1.22 bits per heavy atom. The predicted molar refractivity (Wildman–Crippen MR) is 157 cm³/mol. The first-order valence-corrected chi connectivity index (χ1v) is 13.5. The van der Waals surface area contributed by atoms with E-state index in [1.807, 2.05) is 6.07 Å². The van der Waals surface area contributed by atoms with E-state index in [4.69, 9.17) is 4.98 Å². The highest BCUT2D eigenvalue weighted by molar-refractivity contribution is 7.21. The number of rotatable bonds is 2. The van der Waals surface area contributed by atoms with Gasteiger partial charge in [-0.05, 0) is 86.0 Å². The molecule has 2 nitrogen and oxygen atoms in total. The Kier molecular flexibility index (Phi) is 5.14. The summed E-state index contributed by atoms with van der Waals surface area (Å²) in [5, 5.41) is 6.14. The normalized spacial score (nSPS) is 12.7. The zero-order chi connectivity index (χ0) is 25.2. The minimum Gasteiger partial charge on any atom is -0.353 e. The van der Waals surface area contributed by atoms with E-state index in [-0.39, 0.29) is 10.8 Å². The molecule has 0 atom stereocenters. The van der Waals surface area contributed by atoms with Crippen molar-refractivity contribution in [1.82, 2.24) is 9.97 Å². The van der Waals surface area contributed by atoms with Crippen molar-refractivity contribution in [2.75, 3.05) is 0 Å². The molecule has 0 aliphatic carbocycles. The highest BCUT2D eigenvalue weighted by Crippen LogP contribution is 2.41. The van der Waals surface area contributed by atoms with E-state index in [9.17, 15) is 0 Å². The molecule has 0 aliphatic heterocycles. The number of benzene rings is 4. The quantitative estimate of drug-likeness (QED) is 0.241. The van der Waals surface area contributed by atoms with E-state index in [0.29, 0.717) is 0 Å². The number of aromatic nitrogens is 2. The molecule has 1 N–H and O–H groups in total. The molecule has 0 spiro atoms. The third kappa shape index (κ3) is 3.92. The molecule has 4 aromatic carbocycles. The number of nitrogens with zero attached hydrogens (tertiary/aromatic N) is 1. The zero-order valence-electron chi connectivity index (χ0n) is 21.9. The first-order chi connectivity index (χ1) is 17.1. The lowest BCUT2D eigenvalue weighted by Gasteiger charge is -2.22. The standard InChI is InChI=1S/C33H32N2S/c1-32(2,3)22-13-11-20-17-21-12-14-23(33(4,5)6)19-25(21)30(24(20)18-22)27-15-16-28(34-27)31-35-26-9-7-8-10-29(26)36-31/h7-19,34H,1-6H3. The molecule has 0 saturated carbocycles. The van der Waals surface area contributed by atoms with E-state index in [0.717, 1.165) is 21.9 Å². The van der Waals surface area contributed by atoms with Crippen molar-refractivity contribution >= 4 is 43.1 Å². The number of nitrogens with one attached hydrogen (secondary N) is 1. The number of para-hydroxylation sites is 1. The van der Waals surface area contributed by atoms with Crippen molar-refractivity contribution in [2.45, 2.75) is 52.4 Å². The fourth-order valence-corrected chi connectivity index (χ4v) is 5.93. The first kappa shape index (κ1) is 23.0. The third-order valence-corrected chi connectivity index (χ3v) is 8.24. The van der Waals surface area contributed by atoms with Crippen LogP contribution in [0.15, 0.2) is 78.9 Å². The van der Waals surface area contributed by atoms with Crippen molar-refractivity contribution in [3.63, 3.8) is 0 Å². The molecule has 6 rings (SSSR count). The van der Waals surface area contributed by atoms with Gasteiger partial charge in [-0.25, -0.2) is 4.98 Å². The molecule has 0 bridgehead atoms. The lowest BCUT2D eigenvalue weighted by Crippen LogP contribution is -2.11. The molecule has 0 fully saturated rings. The van der Waals surface area contributed by atoms with E-state index < -0.39 is 0 Å². The van der Waals surface area contributed by atoms with Crippen LogP contribution in [-0.4, -0.2) is 9.97 Å². The van der Waals surface area contributed by atoms with Gasteiger partial charge in [-0.2, -0.15) is 0 Å². The van der Waals surface area contributed by atoms with Crippen LogP contribution in [0.2, 0.25) is 0 Å². The van der Waals surface area contributed by atoms with Crippen molar-refractivity contribution in [1.29, 1.82) is 0 Å². The number of thiazole rings is 1. The zero-order valence-corrected chi connectivity index (χ0v) is 22.7. The molecule has 180 valence electrons. The van der Waals surface area contributed by atoms with E-state index >= 15 is 0 Å². The monoisotopic (exact) mass is 488 g/mol. The van der Waals surface area contributed by atoms with Gasteiger partial charge in [-0.15, -0.1) is 11.3 Å². The maximum absolute atomic E-state index is 4.89. The minimum absolute atomic E-state index is 0.0789. The Morgan fingerprint density at radius 1 is 0.639 bits per heavy atom. The summed E-state index contributed by atoms with van der Waals surface area (Å²) < 4.78 is 1.21. The lowest BCUT2D eigenvalue weighted by atomic mass is 9.82. The summed E-state index contributed by atoms with van der Waals surface area (Å²) in [5.74, 6) is 0. The summed E-state index contributed by atoms with van der Waals surface area (Å²) in [6.45, 7) is 13.7. The van der Waals surface area contributed by atoms with Crippen LogP contribution in [0, 0.1) is 0 Å². The van der Waals surface area contributed by atoms with Gasteiger partial charge in [0, 0.05) is 11.3 Å². The SMILES string of the molecule is CC(C)(C)c1ccc2cc3ccc(C(C)(C)C)cc3c(-c3ccc(-c4nc5ccccc5s4)[nH]3)c2c1. The van der Waals surface area contributed by atoms with Gasteiger partial charge in [0.15, 0.2) is 0 Å². The van der Waals surface area contributed by atoms with Gasteiger partial charge in [0.1, 0.15) is 5.01 Å². The van der Waals surface area contributed by atoms with Crippen LogP contribution >= 0.6 is 11.3 Å². The fraction of sp³-hybridized carbons (Fsp3) is 0.242. The van der Waals surface area contributed by atoms with Crippen molar-refractivity contribution in [2.24, 2.45) is 0 Å². The van der Waals surface area contributed by atoms with Crippen LogP contribution in [0.1, 0.15) is 52.7 Å². The lowest BCUT2D eigenvalue weighted by molar-refractivity contribution is 0.591. The van der Waals surface area contributed by atoms with Gasteiger partial charge in [0.25, 0.3) is 0 Å². The van der Waals surface area contributed by atoms with Crippen molar-refractivity contribution in [3.8, 4) is 22.0 Å². The van der Waals surface area contributed by atoms with Crippen LogP contribution in [-0.2, 0) is 10.8 Å². The van der Waals surface area contributed by atoms with Crippen LogP contribution in [0.5, 0.6) is 0 Å². The Bertz CT molecular complexity index is 1650. The first-order valence-electron chi connectivity index (χ1n) is 12.6. The Morgan fingerprint density at radius 3 is 1.81 bits per heavy atom. The molecule has 0 amide bonds. The molecule has 36 heavy (non-hydrogen) atoms. The van der Waals surface area contributed by atoms with Crippen LogP contribution in [0.25, 0.3) is 53.7 Å². The van der Waals surface area contributed by atoms with Crippen LogP contribution in [0.3, 0.4) is 0 Å². The number of fused-ring (bicyclic) bond motifs is 3. The Hall–Kier alpha value is -3.43. The van der Waals surface area contributed by atoms with Crippen LogP contribution in [0.4, 0.5) is 0 Å². The summed E-state index contributed by atoms with van der Waals surface area (Å²) in [4.78, 5) is 8.65. The van der Waals surface area contributed by atoms with Gasteiger partial charge < -0.3 is 4.98 Å². The van der Waals surface area contributed by atoms with Gasteiger partial charge in [-0.1, -0.05) is 77.9 Å². The maximum atomic E-state index is 4.89. The number of hydrogen-bond acceptors (Lipinski definition) is 2. The van der Waals surface area contributed by atoms with Crippen molar-refractivity contribution < 1.29 is 0 Å². The average Bonchev–Trinajstić information content (AvgIpc) is 3.47. The van der Waals surface area contributed by atoms with E-state index in [2.05, 4.69) is 119 Å². The molecular weight excluding hydrogens is 456 g/mol. The van der Waals surface area contributed by atoms with Gasteiger partial charge >= 0.3 is 0 Å². The Balaban J connectivity index is 1.63. The fourth-order valence-electron chi connectivity index (χ4n) is 4.99. The molecule has 2 aromatic heterocycles. The summed E-state index contributed by atoms with van der Waals surface area (Å²) in [7, 11) is 0. The largest absolute Gasteiger partial charge is 0.353 e. The number of H-pyrrole nitrogens is 1.